The number of carbonyl (C=O) groups excluding carboxylic acids is 1. The minimum Gasteiger partial charge on any atom is -0.455 e. The number of halogens is 1. The zero-order valence-electron chi connectivity index (χ0n) is 14.2. The maximum atomic E-state index is 13.9. The molecule has 1 N–H and O–H groups in total. The van der Waals surface area contributed by atoms with E-state index in [1.807, 2.05) is 28.8 Å². The maximum absolute atomic E-state index is 13.9. The first-order chi connectivity index (χ1) is 13.2. The first-order valence-corrected chi connectivity index (χ1v) is 8.27. The molecule has 0 aliphatic rings. The Morgan fingerprint density at radius 2 is 1.96 bits per heavy atom. The number of nitrogens with zero attached hydrogens (tertiary/aromatic N) is 3. The van der Waals surface area contributed by atoms with Crippen LogP contribution in [-0.2, 0) is 11.3 Å². The van der Waals surface area contributed by atoms with E-state index in [-0.39, 0.29) is 23.7 Å². The third-order valence-electron chi connectivity index (χ3n) is 3.92. The van der Waals surface area contributed by atoms with Crippen LogP contribution in [0.3, 0.4) is 0 Å². The zero-order valence-corrected chi connectivity index (χ0v) is 14.2. The monoisotopic (exact) mass is 362 g/mol. The number of ether oxygens (including phenoxy) is 1. The van der Waals surface area contributed by atoms with Gasteiger partial charge in [-0.05, 0) is 36.4 Å². The van der Waals surface area contributed by atoms with Crippen LogP contribution in [0.1, 0.15) is 16.1 Å². The van der Waals surface area contributed by atoms with Crippen LogP contribution in [0, 0.1) is 5.82 Å². The van der Waals surface area contributed by atoms with Gasteiger partial charge in [0.2, 0.25) is 0 Å². The number of imidazole rings is 1. The fourth-order valence-electron chi connectivity index (χ4n) is 2.63. The van der Waals surface area contributed by atoms with Crippen LogP contribution in [0.5, 0.6) is 0 Å². The van der Waals surface area contributed by atoms with E-state index in [0.717, 1.165) is 5.65 Å². The van der Waals surface area contributed by atoms with Crippen molar-refractivity contribution in [1.29, 1.82) is 0 Å². The van der Waals surface area contributed by atoms with Gasteiger partial charge in [-0.2, -0.15) is 0 Å². The van der Waals surface area contributed by atoms with Crippen LogP contribution >= 0.6 is 0 Å². The molecular formula is C20H15FN4O2. The van der Waals surface area contributed by atoms with Crippen molar-refractivity contribution in [2.24, 2.45) is 0 Å². The first kappa shape index (κ1) is 16.7. The summed E-state index contributed by atoms with van der Waals surface area (Å²) in [5.74, 6) is -0.784. The molecule has 0 saturated carbocycles. The van der Waals surface area contributed by atoms with E-state index in [9.17, 15) is 9.18 Å². The molecule has 0 aliphatic carbocycles. The molecule has 3 heterocycles. The van der Waals surface area contributed by atoms with Crippen LogP contribution in [0.25, 0.3) is 5.65 Å². The number of aromatic nitrogens is 3. The highest BCUT2D eigenvalue weighted by atomic mass is 19.1. The fraction of sp³-hybridized carbons (Fsp3) is 0.0500. The van der Waals surface area contributed by atoms with Crippen LogP contribution < -0.4 is 5.32 Å². The number of hydrogen-bond donors (Lipinski definition) is 1. The highest BCUT2D eigenvalue weighted by Gasteiger charge is 2.16. The number of benzene rings is 1. The number of hydrogen-bond acceptors (Lipinski definition) is 5. The molecule has 6 nitrogen and oxygen atoms in total. The maximum Gasteiger partial charge on any atom is 0.342 e. The molecule has 0 radical (unpaired) electrons. The van der Waals surface area contributed by atoms with Gasteiger partial charge < -0.3 is 14.5 Å². The topological polar surface area (TPSA) is 68.5 Å². The molecule has 0 aliphatic heterocycles. The highest BCUT2D eigenvalue weighted by Crippen LogP contribution is 2.21. The van der Waals surface area contributed by atoms with Crippen molar-refractivity contribution in [3.63, 3.8) is 0 Å². The summed E-state index contributed by atoms with van der Waals surface area (Å²) in [6.07, 6.45) is 5.18. The molecule has 0 unspecified atom stereocenters. The average Bonchev–Trinajstić information content (AvgIpc) is 3.11. The van der Waals surface area contributed by atoms with E-state index in [0.29, 0.717) is 5.69 Å². The summed E-state index contributed by atoms with van der Waals surface area (Å²) in [6.45, 7) is 0.0224. The lowest BCUT2D eigenvalue weighted by Gasteiger charge is -2.10. The third-order valence-corrected chi connectivity index (χ3v) is 3.92. The number of rotatable bonds is 5. The summed E-state index contributed by atoms with van der Waals surface area (Å²) >= 11 is 0. The predicted molar refractivity (Wildman–Crippen MR) is 98.2 cm³/mol. The van der Waals surface area contributed by atoms with Gasteiger partial charge in [0, 0.05) is 18.6 Å². The Kier molecular flexibility index (Phi) is 4.49. The van der Waals surface area contributed by atoms with Gasteiger partial charge in [-0.15, -0.1) is 0 Å². The van der Waals surface area contributed by atoms with Crippen molar-refractivity contribution >= 4 is 23.1 Å². The minimum atomic E-state index is -0.570. The van der Waals surface area contributed by atoms with E-state index in [4.69, 9.17) is 4.74 Å². The Hall–Kier alpha value is -3.74. The standard InChI is InChI=1S/C20H15FN4O2/c21-16-7-1-2-8-17(16)24-19-15(6-5-10-22-19)20(26)27-13-14-12-25-11-4-3-9-18(25)23-14/h1-12H,13H2,(H,22,24). The van der Waals surface area contributed by atoms with E-state index in [1.165, 1.54) is 12.3 Å². The van der Waals surface area contributed by atoms with Crippen molar-refractivity contribution in [3.05, 3.63) is 90.3 Å². The van der Waals surface area contributed by atoms with Gasteiger partial charge in [-0.25, -0.2) is 19.2 Å². The summed E-state index contributed by atoms with van der Waals surface area (Å²) in [4.78, 5) is 21.0. The number of nitrogens with one attached hydrogen (secondary N) is 1. The summed E-state index contributed by atoms with van der Waals surface area (Å²) < 4.78 is 21.1. The highest BCUT2D eigenvalue weighted by molar-refractivity contribution is 5.95. The molecule has 4 rings (SSSR count). The number of fused-ring (bicyclic) bond motifs is 1. The predicted octanol–water partition coefficient (Wildman–Crippen LogP) is 3.97. The SMILES string of the molecule is O=C(OCc1cn2ccccc2n1)c1cccnc1Nc1ccccc1F. The lowest BCUT2D eigenvalue weighted by Crippen LogP contribution is -2.10. The van der Waals surface area contributed by atoms with Crippen molar-refractivity contribution in [2.45, 2.75) is 6.61 Å². The van der Waals surface area contributed by atoms with Crippen molar-refractivity contribution in [2.75, 3.05) is 5.32 Å². The van der Waals surface area contributed by atoms with Crippen molar-refractivity contribution < 1.29 is 13.9 Å². The summed E-state index contributed by atoms with van der Waals surface area (Å²) in [5, 5.41) is 2.83. The van der Waals surface area contributed by atoms with Gasteiger partial charge in [-0.3, -0.25) is 0 Å². The van der Waals surface area contributed by atoms with Crippen molar-refractivity contribution in [3.8, 4) is 0 Å². The number of esters is 1. The minimum absolute atomic E-state index is 0.0224. The normalized spacial score (nSPS) is 10.7. The molecule has 134 valence electrons. The Bertz CT molecular complexity index is 1080. The molecule has 0 saturated heterocycles. The van der Waals surface area contributed by atoms with E-state index >= 15 is 0 Å². The Labute approximate surface area is 154 Å². The van der Waals surface area contributed by atoms with Crippen LogP contribution in [0.4, 0.5) is 15.9 Å². The molecule has 0 atom stereocenters. The molecule has 0 fully saturated rings. The fourth-order valence-corrected chi connectivity index (χ4v) is 2.63. The molecule has 4 aromatic rings. The summed E-state index contributed by atoms with van der Waals surface area (Å²) in [7, 11) is 0. The molecule has 7 heteroatoms. The molecule has 0 bridgehead atoms. The largest absolute Gasteiger partial charge is 0.455 e. The van der Waals surface area contributed by atoms with Gasteiger partial charge in [0.25, 0.3) is 0 Å². The zero-order chi connectivity index (χ0) is 18.6. The van der Waals surface area contributed by atoms with Crippen molar-refractivity contribution in [1.82, 2.24) is 14.4 Å². The second-order valence-corrected chi connectivity index (χ2v) is 5.78. The number of para-hydroxylation sites is 1. The van der Waals surface area contributed by atoms with E-state index in [1.54, 1.807) is 36.5 Å². The second kappa shape index (κ2) is 7.25. The molecule has 1 aromatic carbocycles. The number of anilines is 2. The lowest BCUT2D eigenvalue weighted by molar-refractivity contribution is 0.0469. The molecule has 27 heavy (non-hydrogen) atoms. The summed E-state index contributed by atoms with van der Waals surface area (Å²) in [6, 6.07) is 15.0. The van der Waals surface area contributed by atoms with Gasteiger partial charge in [0.15, 0.2) is 0 Å². The van der Waals surface area contributed by atoms with E-state index < -0.39 is 11.8 Å². The molecule has 3 aromatic heterocycles. The quantitative estimate of drug-likeness (QED) is 0.544. The van der Waals surface area contributed by atoms with Crippen LogP contribution in [-0.4, -0.2) is 20.3 Å². The molecular weight excluding hydrogens is 347 g/mol. The Balaban J connectivity index is 1.51. The van der Waals surface area contributed by atoms with Gasteiger partial charge in [-0.1, -0.05) is 18.2 Å². The van der Waals surface area contributed by atoms with Gasteiger partial charge in [0.05, 0.1) is 11.4 Å². The van der Waals surface area contributed by atoms with Crippen LogP contribution in [0.2, 0.25) is 0 Å². The number of carbonyl (C=O) groups is 1. The molecule has 0 spiro atoms. The average molecular weight is 362 g/mol. The van der Waals surface area contributed by atoms with E-state index in [2.05, 4.69) is 15.3 Å². The lowest BCUT2D eigenvalue weighted by atomic mass is 10.2. The Morgan fingerprint density at radius 1 is 1.11 bits per heavy atom. The number of pyridine rings is 2. The second-order valence-electron chi connectivity index (χ2n) is 5.78. The summed E-state index contributed by atoms with van der Waals surface area (Å²) in [5.41, 5.74) is 1.84. The van der Waals surface area contributed by atoms with Crippen LogP contribution in [0.15, 0.2) is 73.2 Å². The molecule has 0 amide bonds. The third kappa shape index (κ3) is 3.62. The van der Waals surface area contributed by atoms with Gasteiger partial charge >= 0.3 is 5.97 Å². The van der Waals surface area contributed by atoms with Gasteiger partial charge in [0.1, 0.15) is 29.5 Å². The first-order valence-electron chi connectivity index (χ1n) is 8.27. The smallest absolute Gasteiger partial charge is 0.342 e. The Morgan fingerprint density at radius 3 is 2.81 bits per heavy atom.